The normalized spacial score (nSPS) is 23.3. The van der Waals surface area contributed by atoms with Crippen LogP contribution in [0.1, 0.15) is 25.7 Å². The van der Waals surface area contributed by atoms with Gasteiger partial charge in [-0.3, -0.25) is 9.59 Å². The Bertz CT molecular complexity index is 329. The van der Waals surface area contributed by atoms with Gasteiger partial charge >= 0.3 is 11.9 Å². The van der Waals surface area contributed by atoms with Crippen LogP contribution in [0.25, 0.3) is 0 Å². The molecule has 0 aromatic carbocycles. The third-order valence-corrected chi connectivity index (χ3v) is 2.80. The van der Waals surface area contributed by atoms with E-state index in [4.69, 9.17) is 18.8 Å². The lowest BCUT2D eigenvalue weighted by Crippen LogP contribution is -2.37. The first kappa shape index (κ1) is 14.8. The molecule has 1 unspecified atom stereocenters. The Morgan fingerprint density at radius 2 is 2.22 bits per heavy atom. The molecule has 0 saturated carbocycles. The van der Waals surface area contributed by atoms with Crippen LogP contribution < -0.4 is 0 Å². The zero-order chi connectivity index (χ0) is 13.5. The molecule has 1 aliphatic heterocycles. The molecular formula is C11H16O6S. The summed E-state index contributed by atoms with van der Waals surface area (Å²) in [5, 5.41) is 8.42. The number of hydrogen-bond acceptors (Lipinski definition) is 6. The van der Waals surface area contributed by atoms with Crippen molar-refractivity contribution in [3.63, 3.8) is 0 Å². The molecule has 2 atom stereocenters. The number of carbonyl (C=O) groups excluding carboxylic acids is 1. The first-order valence-corrected chi connectivity index (χ1v) is 5.91. The van der Waals surface area contributed by atoms with E-state index in [1.807, 2.05) is 0 Å². The van der Waals surface area contributed by atoms with E-state index in [9.17, 15) is 9.59 Å². The lowest BCUT2D eigenvalue weighted by atomic mass is 10.1. The molecule has 1 fully saturated rings. The van der Waals surface area contributed by atoms with Gasteiger partial charge in [-0.15, -0.1) is 0 Å². The summed E-state index contributed by atoms with van der Waals surface area (Å²) in [5.74, 6) is -0.996. The molecule has 1 heterocycles. The summed E-state index contributed by atoms with van der Waals surface area (Å²) in [4.78, 5) is 21.5. The fraction of sp³-hybridized carbons (Fsp3) is 0.636. The Morgan fingerprint density at radius 3 is 2.83 bits per heavy atom. The molecule has 1 aliphatic rings. The summed E-state index contributed by atoms with van der Waals surface area (Å²) in [6, 6.07) is 0. The molecule has 0 radical (unpaired) electrons. The van der Waals surface area contributed by atoms with E-state index in [0.29, 0.717) is 18.6 Å². The van der Waals surface area contributed by atoms with E-state index >= 15 is 0 Å². The number of rotatable bonds is 6. The number of hydrogen-bond donors (Lipinski definition) is 2. The lowest BCUT2D eigenvalue weighted by molar-refractivity contribution is -0.153. The Kier molecular flexibility index (Phi) is 6.00. The molecule has 0 aliphatic carbocycles. The second kappa shape index (κ2) is 7.27. The molecule has 0 amide bonds. The minimum Gasteiger partial charge on any atom is -0.489 e. The zero-order valence-electron chi connectivity index (χ0n) is 9.83. The van der Waals surface area contributed by atoms with Crippen molar-refractivity contribution in [2.24, 2.45) is 0 Å². The van der Waals surface area contributed by atoms with Crippen molar-refractivity contribution < 1.29 is 28.4 Å². The number of carboxylic acid groups (broad SMARTS) is 1. The number of aliphatic carboxylic acids is 1. The van der Waals surface area contributed by atoms with Crippen LogP contribution in [0.4, 0.5) is 0 Å². The molecule has 1 saturated heterocycles. The summed E-state index contributed by atoms with van der Waals surface area (Å²) in [5.41, 5.74) is 0. The van der Waals surface area contributed by atoms with E-state index in [1.165, 1.54) is 0 Å². The van der Waals surface area contributed by atoms with Crippen molar-refractivity contribution in [3.8, 4) is 0 Å². The summed E-state index contributed by atoms with van der Waals surface area (Å²) in [6.07, 6.45) is 0.247. The Labute approximate surface area is 111 Å². The van der Waals surface area contributed by atoms with E-state index < -0.39 is 18.0 Å². The molecule has 6 nitrogen and oxygen atoms in total. The second-order valence-electron chi connectivity index (χ2n) is 3.95. The molecular weight excluding hydrogens is 260 g/mol. The van der Waals surface area contributed by atoms with Crippen LogP contribution in [0.2, 0.25) is 0 Å². The molecule has 0 bridgehead atoms. The van der Waals surface area contributed by atoms with Gasteiger partial charge in [0.15, 0.2) is 6.10 Å². The van der Waals surface area contributed by atoms with E-state index in [2.05, 4.69) is 19.5 Å². The van der Waals surface area contributed by atoms with Crippen LogP contribution in [0.3, 0.4) is 0 Å². The van der Waals surface area contributed by atoms with Crippen molar-refractivity contribution >= 4 is 24.8 Å². The van der Waals surface area contributed by atoms with Crippen molar-refractivity contribution in [2.75, 3.05) is 6.61 Å². The minimum atomic E-state index is -1.04. The Morgan fingerprint density at radius 1 is 1.50 bits per heavy atom. The molecule has 18 heavy (non-hydrogen) atoms. The summed E-state index contributed by atoms with van der Waals surface area (Å²) in [7, 11) is 0. The first-order valence-electron chi connectivity index (χ1n) is 5.55. The summed E-state index contributed by atoms with van der Waals surface area (Å²) < 4.78 is 15.3. The molecule has 1 N–H and O–H groups in total. The third kappa shape index (κ3) is 4.97. The highest BCUT2D eigenvalue weighted by atomic mass is 32.1. The SMILES string of the molecule is C=C1CCC(OS)[C@@H](COC(=O)CCC(=O)O)O1. The maximum absolute atomic E-state index is 11.2. The standard InChI is InChI=1S/C11H16O6S/c1-7-2-3-8(17-18)9(16-7)6-15-11(14)5-4-10(12)13/h8-9,18H,1-6H2,(H,12,13)/t8?,9-/m1/s1. The van der Waals surface area contributed by atoms with E-state index in [-0.39, 0.29) is 25.6 Å². The van der Waals surface area contributed by atoms with Gasteiger partial charge in [-0.2, -0.15) is 0 Å². The Hall–Kier alpha value is -1.21. The predicted octanol–water partition coefficient (Wildman–Crippen LogP) is 1.32. The lowest BCUT2D eigenvalue weighted by Gasteiger charge is -2.31. The minimum absolute atomic E-state index is 0.00268. The van der Waals surface area contributed by atoms with Crippen LogP contribution >= 0.6 is 12.9 Å². The van der Waals surface area contributed by atoms with Gasteiger partial charge in [-0.1, -0.05) is 6.58 Å². The highest BCUT2D eigenvalue weighted by Gasteiger charge is 2.30. The van der Waals surface area contributed by atoms with Gasteiger partial charge in [0.1, 0.15) is 12.7 Å². The first-order chi connectivity index (χ1) is 8.52. The fourth-order valence-electron chi connectivity index (χ4n) is 1.56. The van der Waals surface area contributed by atoms with Crippen molar-refractivity contribution in [2.45, 2.75) is 37.9 Å². The zero-order valence-corrected chi connectivity index (χ0v) is 10.7. The number of ether oxygens (including phenoxy) is 2. The molecule has 102 valence electrons. The largest absolute Gasteiger partial charge is 0.489 e. The number of esters is 1. The maximum Gasteiger partial charge on any atom is 0.306 e. The number of carboxylic acids is 1. The van der Waals surface area contributed by atoms with Crippen molar-refractivity contribution in [1.29, 1.82) is 0 Å². The molecule has 7 heteroatoms. The monoisotopic (exact) mass is 276 g/mol. The molecule has 0 aromatic heterocycles. The Balaban J connectivity index is 2.33. The van der Waals surface area contributed by atoms with Crippen molar-refractivity contribution in [3.05, 3.63) is 12.3 Å². The van der Waals surface area contributed by atoms with Crippen LogP contribution in [-0.2, 0) is 23.2 Å². The van der Waals surface area contributed by atoms with E-state index in [0.717, 1.165) is 0 Å². The van der Waals surface area contributed by atoms with Crippen molar-refractivity contribution in [1.82, 2.24) is 0 Å². The van der Waals surface area contributed by atoms with Crippen LogP contribution in [-0.4, -0.2) is 35.9 Å². The van der Waals surface area contributed by atoms with Gasteiger partial charge < -0.3 is 18.8 Å². The van der Waals surface area contributed by atoms with Gasteiger partial charge in [-0.05, 0) is 19.3 Å². The summed E-state index contributed by atoms with van der Waals surface area (Å²) in [6.45, 7) is 3.70. The fourth-order valence-corrected chi connectivity index (χ4v) is 1.80. The van der Waals surface area contributed by atoms with Crippen LogP contribution in [0.5, 0.6) is 0 Å². The van der Waals surface area contributed by atoms with Gasteiger partial charge in [0.05, 0.1) is 18.6 Å². The smallest absolute Gasteiger partial charge is 0.306 e. The van der Waals surface area contributed by atoms with Gasteiger partial charge in [0, 0.05) is 6.42 Å². The number of carbonyl (C=O) groups is 2. The summed E-state index contributed by atoms with van der Waals surface area (Å²) >= 11 is 3.74. The quantitative estimate of drug-likeness (QED) is 0.432. The van der Waals surface area contributed by atoms with Crippen LogP contribution in [0, 0.1) is 0 Å². The van der Waals surface area contributed by atoms with Gasteiger partial charge in [0.2, 0.25) is 0 Å². The highest BCUT2D eigenvalue weighted by Crippen LogP contribution is 2.24. The van der Waals surface area contributed by atoms with E-state index in [1.54, 1.807) is 0 Å². The molecule has 1 rings (SSSR count). The molecule has 0 aromatic rings. The highest BCUT2D eigenvalue weighted by molar-refractivity contribution is 7.75. The average Bonchev–Trinajstić information content (AvgIpc) is 2.34. The average molecular weight is 276 g/mol. The maximum atomic E-state index is 11.2. The van der Waals surface area contributed by atoms with Gasteiger partial charge in [0.25, 0.3) is 0 Å². The number of thiol groups is 1. The van der Waals surface area contributed by atoms with Crippen LogP contribution in [0.15, 0.2) is 12.3 Å². The predicted molar refractivity (Wildman–Crippen MR) is 64.9 cm³/mol. The van der Waals surface area contributed by atoms with Gasteiger partial charge in [-0.25, -0.2) is 0 Å². The third-order valence-electron chi connectivity index (χ3n) is 2.53. The second-order valence-corrected chi connectivity index (χ2v) is 4.17. The topological polar surface area (TPSA) is 82.1 Å². The molecule has 0 spiro atoms. The number of allylic oxidation sites excluding steroid dienone is 1.